The van der Waals surface area contributed by atoms with Crippen LogP contribution in [-0.2, 0) is 17.8 Å². The largest absolute Gasteiger partial charge is 0.496 e. The van der Waals surface area contributed by atoms with E-state index in [-0.39, 0.29) is 12.5 Å². The first-order valence-electron chi connectivity index (χ1n) is 9.59. The maximum Gasteiger partial charge on any atom is 0.258 e. The summed E-state index contributed by atoms with van der Waals surface area (Å²) in [5.41, 5.74) is 4.93. The number of aryl methyl sites for hydroxylation is 1. The standard InChI is InChI=1S/C24H26N2O3/c1-17-14-25-21(18(2)24(17)28-3)15-26-23(27)16-29-22-12-8-7-11-20(22)13-19-9-5-4-6-10-19/h4-12,14H,13,15-16H2,1-3H3,(H,26,27). The van der Waals surface area contributed by atoms with Crippen molar-refractivity contribution in [2.24, 2.45) is 0 Å². The number of hydrogen-bond donors (Lipinski definition) is 1. The topological polar surface area (TPSA) is 60.5 Å². The van der Waals surface area contributed by atoms with E-state index in [9.17, 15) is 4.79 Å². The monoisotopic (exact) mass is 390 g/mol. The van der Waals surface area contributed by atoms with Crippen molar-refractivity contribution >= 4 is 5.91 Å². The van der Waals surface area contributed by atoms with Crippen molar-refractivity contribution in [1.82, 2.24) is 10.3 Å². The molecular formula is C24H26N2O3. The molecule has 3 aromatic rings. The number of hydrogen-bond acceptors (Lipinski definition) is 4. The van der Waals surface area contributed by atoms with Crippen LogP contribution in [0.25, 0.3) is 0 Å². The molecule has 2 aromatic carbocycles. The van der Waals surface area contributed by atoms with E-state index < -0.39 is 0 Å². The SMILES string of the molecule is COc1c(C)cnc(CNC(=O)COc2ccccc2Cc2ccccc2)c1C. The third kappa shape index (κ3) is 5.35. The maximum absolute atomic E-state index is 12.3. The number of rotatable bonds is 8. The van der Waals surface area contributed by atoms with Crippen LogP contribution in [-0.4, -0.2) is 24.6 Å². The maximum atomic E-state index is 12.3. The van der Waals surface area contributed by atoms with Gasteiger partial charge in [-0.3, -0.25) is 9.78 Å². The molecule has 0 saturated heterocycles. The van der Waals surface area contributed by atoms with Gasteiger partial charge in [0.15, 0.2) is 6.61 Å². The predicted octanol–water partition coefficient (Wildman–Crippen LogP) is 3.99. The van der Waals surface area contributed by atoms with Crippen molar-refractivity contribution < 1.29 is 14.3 Å². The number of amides is 1. The van der Waals surface area contributed by atoms with Crippen molar-refractivity contribution in [3.63, 3.8) is 0 Å². The first-order chi connectivity index (χ1) is 14.1. The average molecular weight is 390 g/mol. The second kappa shape index (κ2) is 9.73. The van der Waals surface area contributed by atoms with E-state index >= 15 is 0 Å². The molecule has 1 heterocycles. The fourth-order valence-electron chi connectivity index (χ4n) is 3.23. The molecule has 0 aliphatic heterocycles. The van der Waals surface area contributed by atoms with Crippen LogP contribution in [0, 0.1) is 13.8 Å². The highest BCUT2D eigenvalue weighted by atomic mass is 16.5. The molecule has 5 heteroatoms. The van der Waals surface area contributed by atoms with Gasteiger partial charge in [0.25, 0.3) is 5.91 Å². The summed E-state index contributed by atoms with van der Waals surface area (Å²) in [5, 5.41) is 2.87. The molecule has 3 rings (SSSR count). The summed E-state index contributed by atoms with van der Waals surface area (Å²) in [4.78, 5) is 16.7. The lowest BCUT2D eigenvalue weighted by molar-refractivity contribution is -0.123. The molecule has 0 spiro atoms. The number of pyridine rings is 1. The average Bonchev–Trinajstić information content (AvgIpc) is 2.73. The van der Waals surface area contributed by atoms with Crippen LogP contribution in [0.2, 0.25) is 0 Å². The van der Waals surface area contributed by atoms with Gasteiger partial charge in [-0.2, -0.15) is 0 Å². The Morgan fingerprint density at radius 1 is 1.03 bits per heavy atom. The van der Waals surface area contributed by atoms with Crippen LogP contribution in [0.15, 0.2) is 60.8 Å². The van der Waals surface area contributed by atoms with Gasteiger partial charge >= 0.3 is 0 Å². The van der Waals surface area contributed by atoms with Crippen LogP contribution in [0.5, 0.6) is 11.5 Å². The Bertz CT molecular complexity index is 971. The number of para-hydroxylation sites is 1. The van der Waals surface area contributed by atoms with E-state index in [2.05, 4.69) is 22.4 Å². The quantitative estimate of drug-likeness (QED) is 0.632. The van der Waals surface area contributed by atoms with Gasteiger partial charge in [0.05, 0.1) is 19.3 Å². The molecule has 5 nitrogen and oxygen atoms in total. The highest BCUT2D eigenvalue weighted by Gasteiger charge is 2.12. The molecule has 150 valence electrons. The van der Waals surface area contributed by atoms with E-state index in [4.69, 9.17) is 9.47 Å². The van der Waals surface area contributed by atoms with Gasteiger partial charge in [0.2, 0.25) is 0 Å². The summed E-state index contributed by atoms with van der Waals surface area (Å²) in [6, 6.07) is 18.0. The fourth-order valence-corrected chi connectivity index (χ4v) is 3.23. The van der Waals surface area contributed by atoms with Crippen LogP contribution < -0.4 is 14.8 Å². The molecule has 0 radical (unpaired) electrons. The molecule has 1 N–H and O–H groups in total. The van der Waals surface area contributed by atoms with E-state index in [1.54, 1.807) is 13.3 Å². The van der Waals surface area contributed by atoms with E-state index in [1.807, 2.05) is 56.3 Å². The second-order valence-corrected chi connectivity index (χ2v) is 6.88. The van der Waals surface area contributed by atoms with Crippen LogP contribution in [0.1, 0.15) is 27.9 Å². The zero-order valence-corrected chi connectivity index (χ0v) is 17.1. The van der Waals surface area contributed by atoms with Crippen molar-refractivity contribution in [2.45, 2.75) is 26.8 Å². The number of methoxy groups -OCH3 is 1. The summed E-state index contributed by atoms with van der Waals surface area (Å²) in [5.74, 6) is 1.33. The Morgan fingerprint density at radius 2 is 1.76 bits per heavy atom. The summed E-state index contributed by atoms with van der Waals surface area (Å²) in [6.07, 6.45) is 2.51. The van der Waals surface area contributed by atoms with Gasteiger partial charge in [-0.05, 0) is 31.0 Å². The normalized spacial score (nSPS) is 10.4. The molecule has 0 unspecified atom stereocenters. The van der Waals surface area contributed by atoms with E-state index in [0.717, 1.165) is 40.3 Å². The number of nitrogens with one attached hydrogen (secondary N) is 1. The Balaban J connectivity index is 1.58. The summed E-state index contributed by atoms with van der Waals surface area (Å²) >= 11 is 0. The minimum atomic E-state index is -0.194. The first-order valence-corrected chi connectivity index (χ1v) is 9.59. The minimum absolute atomic E-state index is 0.0478. The summed E-state index contributed by atoms with van der Waals surface area (Å²) < 4.78 is 11.2. The van der Waals surface area contributed by atoms with Crippen molar-refractivity contribution in [3.05, 3.63) is 88.7 Å². The molecule has 1 amide bonds. The number of ether oxygens (including phenoxy) is 2. The van der Waals surface area contributed by atoms with Crippen molar-refractivity contribution in [3.8, 4) is 11.5 Å². The van der Waals surface area contributed by atoms with Gasteiger partial charge < -0.3 is 14.8 Å². The first kappa shape index (κ1) is 20.4. The lowest BCUT2D eigenvalue weighted by atomic mass is 10.0. The predicted molar refractivity (Wildman–Crippen MR) is 113 cm³/mol. The number of nitrogens with zero attached hydrogens (tertiary/aromatic N) is 1. The van der Waals surface area contributed by atoms with Crippen molar-refractivity contribution in [2.75, 3.05) is 13.7 Å². The van der Waals surface area contributed by atoms with Crippen molar-refractivity contribution in [1.29, 1.82) is 0 Å². The molecule has 29 heavy (non-hydrogen) atoms. The fraction of sp³-hybridized carbons (Fsp3) is 0.250. The Morgan fingerprint density at radius 3 is 2.52 bits per heavy atom. The zero-order valence-electron chi connectivity index (χ0n) is 17.1. The van der Waals surface area contributed by atoms with Crippen LogP contribution in [0.4, 0.5) is 0 Å². The Labute approximate surface area is 171 Å². The molecule has 0 bridgehead atoms. The van der Waals surface area contributed by atoms with Gasteiger partial charge in [-0.15, -0.1) is 0 Å². The number of carbonyl (C=O) groups excluding carboxylic acids is 1. The van der Waals surface area contributed by atoms with Crippen LogP contribution >= 0.6 is 0 Å². The molecule has 0 fully saturated rings. The summed E-state index contributed by atoms with van der Waals surface area (Å²) in [6.45, 7) is 4.17. The molecule has 1 aromatic heterocycles. The lowest BCUT2D eigenvalue weighted by Crippen LogP contribution is -2.29. The third-order valence-electron chi connectivity index (χ3n) is 4.77. The van der Waals surface area contributed by atoms with Gasteiger partial charge in [-0.1, -0.05) is 48.5 Å². The highest BCUT2D eigenvalue weighted by molar-refractivity contribution is 5.77. The van der Waals surface area contributed by atoms with E-state index in [1.165, 1.54) is 5.56 Å². The third-order valence-corrected chi connectivity index (χ3v) is 4.77. The molecule has 0 aliphatic carbocycles. The summed E-state index contributed by atoms with van der Waals surface area (Å²) in [7, 11) is 1.64. The zero-order chi connectivity index (χ0) is 20.6. The Kier molecular flexibility index (Phi) is 6.85. The lowest BCUT2D eigenvalue weighted by Gasteiger charge is -2.14. The van der Waals surface area contributed by atoms with Crippen LogP contribution in [0.3, 0.4) is 0 Å². The Hall–Kier alpha value is -3.34. The number of carbonyl (C=O) groups is 1. The molecular weight excluding hydrogens is 364 g/mol. The molecule has 0 aliphatic rings. The number of aromatic nitrogens is 1. The highest BCUT2D eigenvalue weighted by Crippen LogP contribution is 2.24. The van der Waals surface area contributed by atoms with Gasteiger partial charge in [0, 0.05) is 23.7 Å². The minimum Gasteiger partial charge on any atom is -0.496 e. The second-order valence-electron chi connectivity index (χ2n) is 6.88. The van der Waals surface area contributed by atoms with E-state index in [0.29, 0.717) is 6.54 Å². The van der Waals surface area contributed by atoms with Gasteiger partial charge in [0.1, 0.15) is 11.5 Å². The van der Waals surface area contributed by atoms with Gasteiger partial charge in [-0.25, -0.2) is 0 Å². The smallest absolute Gasteiger partial charge is 0.258 e. The molecule has 0 atom stereocenters. The molecule has 0 saturated carbocycles. The number of benzene rings is 2.